The molecule has 0 bridgehead atoms. The van der Waals surface area contributed by atoms with Gasteiger partial charge in [0.1, 0.15) is 6.23 Å². The number of nitrogens with zero attached hydrogens (tertiary/aromatic N) is 3. The number of hydrogen-bond donors (Lipinski definition) is 2. The van der Waals surface area contributed by atoms with Gasteiger partial charge in [0.15, 0.2) is 0 Å². The molecule has 1 heterocycles. The second kappa shape index (κ2) is 11.9. The Kier molecular flexibility index (Phi) is 9.27. The quantitative estimate of drug-likeness (QED) is 0.449. The number of aliphatic hydroxyl groups excluding tert-OH is 1. The molecular weight excluding hydrogens is 396 g/mol. The Labute approximate surface area is 187 Å². The number of hydrogen-bond acceptors (Lipinski definition) is 5. The largest absolute Gasteiger partial charge is 0.379 e. The number of rotatable bonds is 9. The zero-order chi connectivity index (χ0) is 21.3. The second-order valence-electron chi connectivity index (χ2n) is 8.95. The Morgan fingerprint density at radius 2 is 1.93 bits per heavy atom. The van der Waals surface area contributed by atoms with Crippen LogP contribution in [-0.2, 0) is 0 Å². The summed E-state index contributed by atoms with van der Waals surface area (Å²) in [6, 6.07) is 8.77. The first-order chi connectivity index (χ1) is 14.6. The van der Waals surface area contributed by atoms with Crippen LogP contribution >= 0.6 is 11.6 Å². The van der Waals surface area contributed by atoms with Crippen LogP contribution in [0.15, 0.2) is 18.2 Å². The van der Waals surface area contributed by atoms with Gasteiger partial charge in [-0.05, 0) is 82.0 Å². The number of anilines is 1. The molecule has 2 N–H and O–H groups in total. The minimum atomic E-state index is -0.459. The predicted octanol–water partition coefficient (Wildman–Crippen LogP) is 4.32. The van der Waals surface area contributed by atoms with Gasteiger partial charge in [-0.1, -0.05) is 17.7 Å². The summed E-state index contributed by atoms with van der Waals surface area (Å²) in [5.74, 6) is 0.812. The zero-order valence-corrected chi connectivity index (χ0v) is 19.1. The SMILES string of the molecule is Cc1c(Cl)cccc1N1CCN(CCC2CCC(NC(O)CCCC#N)CC2)CC1. The first-order valence-electron chi connectivity index (χ1n) is 11.6. The summed E-state index contributed by atoms with van der Waals surface area (Å²) >= 11 is 6.30. The summed E-state index contributed by atoms with van der Waals surface area (Å²) < 4.78 is 0. The van der Waals surface area contributed by atoms with Gasteiger partial charge >= 0.3 is 0 Å². The standard InChI is InChI=1S/C24H37ClN4O/c1-19-22(25)5-4-6-23(19)29-17-15-28(16-18-29)14-12-20-8-10-21(11-9-20)27-24(30)7-2-3-13-26/h4-6,20-21,24,27,30H,2-3,7-12,14-18H2,1H3. The van der Waals surface area contributed by atoms with Crippen LogP contribution < -0.4 is 10.2 Å². The van der Waals surface area contributed by atoms with Crippen LogP contribution in [0.3, 0.4) is 0 Å². The zero-order valence-electron chi connectivity index (χ0n) is 18.3. The normalized spacial score (nSPS) is 23.9. The lowest BCUT2D eigenvalue weighted by molar-refractivity contribution is 0.0965. The Morgan fingerprint density at radius 3 is 2.63 bits per heavy atom. The molecule has 5 nitrogen and oxygen atoms in total. The van der Waals surface area contributed by atoms with E-state index in [9.17, 15) is 5.11 Å². The predicted molar refractivity (Wildman–Crippen MR) is 124 cm³/mol. The number of nitrogens with one attached hydrogen (secondary N) is 1. The molecule has 1 aromatic carbocycles. The lowest BCUT2D eigenvalue weighted by Gasteiger charge is -2.38. The molecule has 30 heavy (non-hydrogen) atoms. The summed E-state index contributed by atoms with van der Waals surface area (Å²) in [6.07, 6.45) is 7.61. The van der Waals surface area contributed by atoms with E-state index in [2.05, 4.69) is 34.2 Å². The van der Waals surface area contributed by atoms with Gasteiger partial charge in [-0.2, -0.15) is 5.26 Å². The maximum absolute atomic E-state index is 10.1. The van der Waals surface area contributed by atoms with E-state index < -0.39 is 6.23 Å². The molecule has 1 unspecified atom stereocenters. The molecule has 2 fully saturated rings. The Morgan fingerprint density at radius 1 is 1.20 bits per heavy atom. The highest BCUT2D eigenvalue weighted by molar-refractivity contribution is 6.31. The first kappa shape index (κ1) is 23.3. The average Bonchev–Trinajstić information content (AvgIpc) is 2.76. The minimum Gasteiger partial charge on any atom is -0.379 e. The van der Waals surface area contributed by atoms with Crippen molar-refractivity contribution in [2.75, 3.05) is 37.6 Å². The van der Waals surface area contributed by atoms with E-state index in [1.54, 1.807) is 0 Å². The molecular formula is C24H37ClN4O. The maximum Gasteiger partial charge on any atom is 0.105 e. The number of aliphatic hydroxyl groups is 1. The number of unbranched alkanes of at least 4 members (excludes halogenated alkanes) is 1. The Hall–Kier alpha value is -1.32. The molecule has 1 saturated heterocycles. The van der Waals surface area contributed by atoms with Crippen molar-refractivity contribution in [3.8, 4) is 6.07 Å². The molecule has 0 radical (unpaired) electrons. The third-order valence-corrected chi connectivity index (χ3v) is 7.26. The number of nitriles is 1. The van der Waals surface area contributed by atoms with Crippen molar-refractivity contribution in [2.45, 2.75) is 70.6 Å². The summed E-state index contributed by atoms with van der Waals surface area (Å²) in [6.45, 7) is 7.70. The first-order valence-corrected chi connectivity index (χ1v) is 12.0. The third kappa shape index (κ3) is 6.85. The van der Waals surface area contributed by atoms with Crippen LogP contribution in [0.5, 0.6) is 0 Å². The monoisotopic (exact) mass is 432 g/mol. The average molecular weight is 433 g/mol. The Balaban J connectivity index is 1.31. The van der Waals surface area contributed by atoms with Crippen molar-refractivity contribution in [1.82, 2.24) is 10.2 Å². The van der Waals surface area contributed by atoms with Gasteiger partial charge < -0.3 is 10.0 Å². The van der Waals surface area contributed by atoms with Gasteiger partial charge in [-0.25, -0.2) is 0 Å². The maximum atomic E-state index is 10.1. The molecule has 3 rings (SSSR count). The highest BCUT2D eigenvalue weighted by Crippen LogP contribution is 2.29. The number of benzene rings is 1. The molecule has 1 aromatic rings. The summed E-state index contributed by atoms with van der Waals surface area (Å²) in [5, 5.41) is 22.9. The van der Waals surface area contributed by atoms with Crippen molar-refractivity contribution in [3.05, 3.63) is 28.8 Å². The van der Waals surface area contributed by atoms with E-state index in [-0.39, 0.29) is 0 Å². The highest BCUT2D eigenvalue weighted by Gasteiger charge is 2.24. The molecule has 0 aromatic heterocycles. The van der Waals surface area contributed by atoms with Crippen molar-refractivity contribution >= 4 is 17.3 Å². The molecule has 6 heteroatoms. The second-order valence-corrected chi connectivity index (χ2v) is 9.36. The molecule has 1 aliphatic heterocycles. The van der Waals surface area contributed by atoms with E-state index in [0.717, 1.165) is 56.4 Å². The van der Waals surface area contributed by atoms with Crippen LogP contribution in [-0.4, -0.2) is 55.0 Å². The molecule has 1 aliphatic carbocycles. The fourth-order valence-electron chi connectivity index (χ4n) is 4.86. The van der Waals surface area contributed by atoms with Crippen LogP contribution in [0.25, 0.3) is 0 Å². The number of piperazine rings is 1. The van der Waals surface area contributed by atoms with Crippen molar-refractivity contribution in [2.24, 2.45) is 5.92 Å². The lowest BCUT2D eigenvalue weighted by atomic mass is 9.84. The smallest absolute Gasteiger partial charge is 0.105 e. The molecule has 2 aliphatic rings. The van der Waals surface area contributed by atoms with Crippen LogP contribution in [0.2, 0.25) is 5.02 Å². The van der Waals surface area contributed by atoms with E-state index in [4.69, 9.17) is 16.9 Å². The fraction of sp³-hybridized carbons (Fsp3) is 0.708. The van der Waals surface area contributed by atoms with Crippen LogP contribution in [0, 0.1) is 24.2 Å². The van der Waals surface area contributed by atoms with Crippen molar-refractivity contribution < 1.29 is 5.11 Å². The minimum absolute atomic E-state index is 0.433. The summed E-state index contributed by atoms with van der Waals surface area (Å²) in [4.78, 5) is 5.08. The van der Waals surface area contributed by atoms with Gasteiger partial charge in [0.05, 0.1) is 6.07 Å². The Bertz CT molecular complexity index is 691. The molecule has 166 valence electrons. The van der Waals surface area contributed by atoms with E-state index in [1.165, 1.54) is 37.1 Å². The summed E-state index contributed by atoms with van der Waals surface area (Å²) in [7, 11) is 0. The van der Waals surface area contributed by atoms with Gasteiger partial charge in [-0.15, -0.1) is 0 Å². The van der Waals surface area contributed by atoms with Crippen LogP contribution in [0.4, 0.5) is 5.69 Å². The van der Waals surface area contributed by atoms with E-state index >= 15 is 0 Å². The van der Waals surface area contributed by atoms with Gasteiger partial charge in [0.25, 0.3) is 0 Å². The van der Waals surface area contributed by atoms with Gasteiger partial charge in [0, 0.05) is 49.4 Å². The van der Waals surface area contributed by atoms with E-state index in [1.807, 2.05) is 12.1 Å². The van der Waals surface area contributed by atoms with Crippen molar-refractivity contribution in [3.63, 3.8) is 0 Å². The molecule has 1 atom stereocenters. The topological polar surface area (TPSA) is 62.5 Å². The molecule has 1 saturated carbocycles. The number of halogens is 1. The molecule has 0 amide bonds. The van der Waals surface area contributed by atoms with Crippen LogP contribution in [0.1, 0.15) is 56.9 Å². The summed E-state index contributed by atoms with van der Waals surface area (Å²) in [5.41, 5.74) is 2.47. The highest BCUT2D eigenvalue weighted by atomic mass is 35.5. The van der Waals surface area contributed by atoms with E-state index in [0.29, 0.717) is 18.9 Å². The van der Waals surface area contributed by atoms with Crippen molar-refractivity contribution in [1.29, 1.82) is 5.26 Å². The molecule has 0 spiro atoms. The third-order valence-electron chi connectivity index (χ3n) is 6.85. The lowest BCUT2D eigenvalue weighted by Crippen LogP contribution is -2.47. The van der Waals surface area contributed by atoms with Gasteiger partial charge in [0.2, 0.25) is 0 Å². The fourth-order valence-corrected chi connectivity index (χ4v) is 5.03. The van der Waals surface area contributed by atoms with Gasteiger partial charge in [-0.3, -0.25) is 10.2 Å².